The number of nitrogens with zero attached hydrogens (tertiary/aromatic N) is 2. The molecule has 7 nitrogen and oxygen atoms in total. The van der Waals surface area contributed by atoms with Crippen molar-refractivity contribution in [2.45, 2.75) is 26.3 Å². The minimum atomic E-state index is -1.05. The third kappa shape index (κ3) is 2.97. The van der Waals surface area contributed by atoms with Crippen LogP contribution >= 0.6 is 0 Å². The summed E-state index contributed by atoms with van der Waals surface area (Å²) >= 11 is 0. The Labute approximate surface area is 112 Å². The predicted molar refractivity (Wildman–Crippen MR) is 68.6 cm³/mol. The molecule has 0 aliphatic carbocycles. The van der Waals surface area contributed by atoms with E-state index in [1.165, 1.54) is 23.8 Å². The van der Waals surface area contributed by atoms with Crippen LogP contribution in [-0.4, -0.2) is 66.0 Å². The van der Waals surface area contributed by atoms with Crippen LogP contribution in [0.2, 0.25) is 0 Å². The van der Waals surface area contributed by atoms with E-state index < -0.39 is 17.4 Å². The number of urea groups is 1. The first-order valence-electron chi connectivity index (χ1n) is 6.19. The van der Waals surface area contributed by atoms with Gasteiger partial charge in [0.05, 0.1) is 5.41 Å². The van der Waals surface area contributed by atoms with Gasteiger partial charge in [0, 0.05) is 27.2 Å². The van der Waals surface area contributed by atoms with Gasteiger partial charge in [-0.15, -0.1) is 0 Å². The first-order chi connectivity index (χ1) is 8.73. The fourth-order valence-electron chi connectivity index (χ4n) is 2.17. The highest BCUT2D eigenvalue weighted by Gasteiger charge is 2.42. The number of hydrogen-bond donors (Lipinski definition) is 2. The molecule has 19 heavy (non-hydrogen) atoms. The van der Waals surface area contributed by atoms with E-state index in [1.807, 2.05) is 0 Å². The van der Waals surface area contributed by atoms with E-state index in [0.717, 1.165) is 0 Å². The number of rotatable bonds is 3. The Hall–Kier alpha value is -1.79. The molecule has 0 spiro atoms. The van der Waals surface area contributed by atoms with Gasteiger partial charge in [0.25, 0.3) is 0 Å². The molecule has 2 unspecified atom stereocenters. The summed E-state index contributed by atoms with van der Waals surface area (Å²) in [4.78, 5) is 37.5. The van der Waals surface area contributed by atoms with Gasteiger partial charge >= 0.3 is 12.0 Å². The van der Waals surface area contributed by atoms with Crippen molar-refractivity contribution < 1.29 is 19.5 Å². The maximum Gasteiger partial charge on any atom is 0.326 e. The fourth-order valence-corrected chi connectivity index (χ4v) is 2.17. The minimum absolute atomic E-state index is 0.100. The third-order valence-corrected chi connectivity index (χ3v) is 3.76. The van der Waals surface area contributed by atoms with Crippen molar-refractivity contribution in [3.05, 3.63) is 0 Å². The molecule has 1 heterocycles. The van der Waals surface area contributed by atoms with Crippen LogP contribution in [0.4, 0.5) is 4.79 Å². The molecule has 7 heteroatoms. The number of carbonyl (C=O) groups is 3. The zero-order chi connectivity index (χ0) is 14.8. The Balaban J connectivity index is 2.72. The smallest absolute Gasteiger partial charge is 0.326 e. The summed E-state index contributed by atoms with van der Waals surface area (Å²) in [5.41, 5.74) is -0.599. The van der Waals surface area contributed by atoms with Gasteiger partial charge in [-0.25, -0.2) is 9.59 Å². The van der Waals surface area contributed by atoms with Crippen LogP contribution in [0.15, 0.2) is 0 Å². The standard InChI is InChI=1S/C12H21N3O4/c1-8(9(16)17)14(4)11(19)15-6-5-12(2,7-15)10(18)13-3/h8H,5-7H2,1-4H3,(H,13,18)(H,16,17). The van der Waals surface area contributed by atoms with E-state index in [-0.39, 0.29) is 11.9 Å². The summed E-state index contributed by atoms with van der Waals surface area (Å²) in [5.74, 6) is -1.15. The highest BCUT2D eigenvalue weighted by molar-refractivity contribution is 5.86. The molecule has 1 fully saturated rings. The second-order valence-corrected chi connectivity index (χ2v) is 5.22. The topological polar surface area (TPSA) is 90.0 Å². The van der Waals surface area contributed by atoms with Crippen LogP contribution in [0, 0.1) is 5.41 Å². The molecule has 0 radical (unpaired) electrons. The zero-order valence-corrected chi connectivity index (χ0v) is 11.8. The largest absolute Gasteiger partial charge is 0.480 e. The average molecular weight is 271 g/mol. The highest BCUT2D eigenvalue weighted by Crippen LogP contribution is 2.30. The van der Waals surface area contributed by atoms with Crippen molar-refractivity contribution >= 4 is 17.9 Å². The van der Waals surface area contributed by atoms with Gasteiger partial charge in [-0.1, -0.05) is 0 Å². The Morgan fingerprint density at radius 2 is 2.00 bits per heavy atom. The van der Waals surface area contributed by atoms with E-state index in [0.29, 0.717) is 19.5 Å². The van der Waals surface area contributed by atoms with Crippen LogP contribution in [0.25, 0.3) is 0 Å². The van der Waals surface area contributed by atoms with Crippen LogP contribution in [-0.2, 0) is 9.59 Å². The first-order valence-corrected chi connectivity index (χ1v) is 6.19. The molecule has 0 saturated carbocycles. The van der Waals surface area contributed by atoms with E-state index >= 15 is 0 Å². The average Bonchev–Trinajstić information content (AvgIpc) is 2.78. The van der Waals surface area contributed by atoms with Gasteiger partial charge in [0.2, 0.25) is 5.91 Å². The lowest BCUT2D eigenvalue weighted by Crippen LogP contribution is -2.48. The van der Waals surface area contributed by atoms with E-state index in [4.69, 9.17) is 5.11 Å². The lowest BCUT2D eigenvalue weighted by molar-refractivity contribution is -0.141. The second kappa shape index (κ2) is 5.46. The van der Waals surface area contributed by atoms with Crippen LogP contribution < -0.4 is 5.32 Å². The highest BCUT2D eigenvalue weighted by atomic mass is 16.4. The predicted octanol–water partition coefficient (Wildman–Crippen LogP) is -0.0307. The third-order valence-electron chi connectivity index (χ3n) is 3.76. The fraction of sp³-hybridized carbons (Fsp3) is 0.750. The van der Waals surface area contributed by atoms with Crippen molar-refractivity contribution in [1.29, 1.82) is 0 Å². The molecule has 3 amide bonds. The van der Waals surface area contributed by atoms with Crippen LogP contribution in [0.5, 0.6) is 0 Å². The summed E-state index contributed by atoms with van der Waals surface area (Å²) in [7, 11) is 3.02. The van der Waals surface area contributed by atoms with E-state index in [1.54, 1.807) is 14.0 Å². The van der Waals surface area contributed by atoms with E-state index in [2.05, 4.69) is 5.32 Å². The number of aliphatic carboxylic acids is 1. The zero-order valence-electron chi connectivity index (χ0n) is 11.8. The van der Waals surface area contributed by atoms with Gasteiger partial charge in [-0.2, -0.15) is 0 Å². The molecule has 0 aromatic carbocycles. The SMILES string of the molecule is CNC(=O)C1(C)CCN(C(=O)N(C)C(C)C(=O)O)C1. The number of hydrogen-bond acceptors (Lipinski definition) is 3. The van der Waals surface area contributed by atoms with Crippen molar-refractivity contribution in [3.8, 4) is 0 Å². The van der Waals surface area contributed by atoms with Crippen LogP contribution in [0.3, 0.4) is 0 Å². The van der Waals surface area contributed by atoms with Crippen molar-refractivity contribution in [2.75, 3.05) is 27.2 Å². The van der Waals surface area contributed by atoms with Gasteiger partial charge in [0.1, 0.15) is 6.04 Å². The summed E-state index contributed by atoms with van der Waals surface area (Å²) < 4.78 is 0. The summed E-state index contributed by atoms with van der Waals surface area (Å²) in [6.45, 7) is 4.02. The lowest BCUT2D eigenvalue weighted by atomic mass is 9.89. The molecule has 1 aliphatic heterocycles. The number of likely N-dealkylation sites (tertiary alicyclic amines) is 1. The number of nitrogens with one attached hydrogen (secondary N) is 1. The van der Waals surface area contributed by atoms with Gasteiger partial charge in [0.15, 0.2) is 0 Å². The Kier molecular flexibility index (Phi) is 4.39. The monoisotopic (exact) mass is 271 g/mol. The van der Waals surface area contributed by atoms with Crippen molar-refractivity contribution in [1.82, 2.24) is 15.1 Å². The molecule has 1 saturated heterocycles. The summed E-state index contributed by atoms with van der Waals surface area (Å²) in [5, 5.41) is 11.5. The molecule has 2 atom stereocenters. The molecule has 2 N–H and O–H groups in total. The Bertz CT molecular complexity index is 398. The number of carboxylic acids is 1. The molecular weight excluding hydrogens is 250 g/mol. The Morgan fingerprint density at radius 1 is 1.42 bits per heavy atom. The van der Waals surface area contributed by atoms with Crippen LogP contribution in [0.1, 0.15) is 20.3 Å². The molecule has 108 valence electrons. The molecule has 1 aliphatic rings. The van der Waals surface area contributed by atoms with Crippen molar-refractivity contribution in [2.24, 2.45) is 5.41 Å². The summed E-state index contributed by atoms with van der Waals surface area (Å²) in [6, 6.07) is -1.25. The molecule has 1 rings (SSSR count). The number of amides is 3. The molecule has 0 aromatic rings. The number of carboxylic acid groups (broad SMARTS) is 1. The van der Waals surface area contributed by atoms with Crippen molar-refractivity contribution in [3.63, 3.8) is 0 Å². The lowest BCUT2D eigenvalue weighted by Gasteiger charge is -2.28. The summed E-state index contributed by atoms with van der Waals surface area (Å²) in [6.07, 6.45) is 0.577. The first kappa shape index (κ1) is 15.3. The van der Waals surface area contributed by atoms with Gasteiger partial charge in [-0.05, 0) is 20.3 Å². The Morgan fingerprint density at radius 3 is 2.47 bits per heavy atom. The minimum Gasteiger partial charge on any atom is -0.480 e. The van der Waals surface area contributed by atoms with Gasteiger partial charge in [-0.3, -0.25) is 4.79 Å². The van der Waals surface area contributed by atoms with E-state index in [9.17, 15) is 14.4 Å². The maximum atomic E-state index is 12.1. The second-order valence-electron chi connectivity index (χ2n) is 5.22. The van der Waals surface area contributed by atoms with Gasteiger partial charge < -0.3 is 20.2 Å². The molecule has 0 bridgehead atoms. The quantitative estimate of drug-likeness (QED) is 0.754. The molecular formula is C12H21N3O4. The maximum absolute atomic E-state index is 12.1. The molecule has 0 aromatic heterocycles. The normalized spacial score (nSPS) is 23.9. The number of likely N-dealkylation sites (N-methyl/N-ethyl adjacent to an activating group) is 1. The number of carbonyl (C=O) groups excluding carboxylic acids is 2.